The van der Waals surface area contributed by atoms with Crippen molar-refractivity contribution in [2.45, 2.75) is 78.3 Å². The van der Waals surface area contributed by atoms with Crippen molar-refractivity contribution in [2.24, 2.45) is 7.05 Å². The Bertz CT molecular complexity index is 1190. The highest BCUT2D eigenvalue weighted by molar-refractivity contribution is 5.69. The lowest BCUT2D eigenvalue weighted by Crippen LogP contribution is -2.40. The molecule has 162 valence electrons. The maximum Gasteiger partial charge on any atom is 0.127 e. The van der Waals surface area contributed by atoms with Gasteiger partial charge >= 0.3 is 0 Å². The molecule has 0 saturated heterocycles. The third-order valence-corrected chi connectivity index (χ3v) is 6.82. The van der Waals surface area contributed by atoms with Crippen LogP contribution in [-0.4, -0.2) is 20.8 Å². The number of aryl methyl sites for hydroxylation is 4. The Morgan fingerprint density at radius 1 is 1.13 bits per heavy atom. The molecule has 1 aliphatic carbocycles. The molecule has 3 heterocycles. The van der Waals surface area contributed by atoms with Gasteiger partial charge in [0.25, 0.3) is 0 Å². The summed E-state index contributed by atoms with van der Waals surface area (Å²) in [5.74, 6) is 1.40. The number of rotatable bonds is 5. The van der Waals surface area contributed by atoms with Crippen molar-refractivity contribution in [2.75, 3.05) is 4.90 Å². The van der Waals surface area contributed by atoms with Crippen LogP contribution in [0.3, 0.4) is 0 Å². The normalized spacial score (nSPS) is 20.9. The Kier molecular flexibility index (Phi) is 4.54. The van der Waals surface area contributed by atoms with Gasteiger partial charge in [-0.2, -0.15) is 5.10 Å². The average molecular weight is 417 g/mol. The number of aromatic nitrogens is 3. The zero-order chi connectivity index (χ0) is 23.5. The summed E-state index contributed by atoms with van der Waals surface area (Å²) in [6, 6.07) is 10.7. The van der Waals surface area contributed by atoms with Crippen molar-refractivity contribution in [1.82, 2.24) is 14.8 Å². The zero-order valence-corrected chi connectivity index (χ0v) is 19.4. The van der Waals surface area contributed by atoms with Gasteiger partial charge in [0.1, 0.15) is 5.82 Å². The van der Waals surface area contributed by atoms with E-state index < -0.39 is 6.50 Å². The van der Waals surface area contributed by atoms with E-state index >= 15 is 0 Å². The molecule has 2 aliphatic rings. The lowest BCUT2D eigenvalue weighted by Gasteiger charge is -2.36. The Balaban J connectivity index is 1.62. The third-order valence-electron chi connectivity index (χ3n) is 6.82. The molecule has 3 aromatic rings. The highest BCUT2D eigenvalue weighted by Crippen LogP contribution is 2.41. The molecule has 0 bridgehead atoms. The Hall–Kier alpha value is -2.62. The van der Waals surface area contributed by atoms with Crippen LogP contribution in [-0.2, 0) is 32.8 Å². The molecule has 0 amide bonds. The Labute approximate surface area is 189 Å². The number of nitrogens with zero attached hydrogens (tertiary/aromatic N) is 4. The molecule has 0 radical (unpaired) electrons. The van der Waals surface area contributed by atoms with Crippen LogP contribution in [0.15, 0.2) is 30.3 Å². The molecule has 31 heavy (non-hydrogen) atoms. The van der Waals surface area contributed by atoms with Gasteiger partial charge in [0.2, 0.25) is 0 Å². The van der Waals surface area contributed by atoms with Crippen LogP contribution in [0.25, 0.3) is 11.3 Å². The minimum Gasteiger partial charge on any atom is -0.349 e. The van der Waals surface area contributed by atoms with E-state index in [0.717, 1.165) is 41.3 Å². The number of benzene rings is 1. The van der Waals surface area contributed by atoms with Crippen LogP contribution in [0, 0.1) is 6.92 Å². The molecule has 1 fully saturated rings. The quantitative estimate of drug-likeness (QED) is 0.531. The van der Waals surface area contributed by atoms with Gasteiger partial charge in [-0.3, -0.25) is 9.67 Å². The molecule has 1 saturated carbocycles. The van der Waals surface area contributed by atoms with Crippen molar-refractivity contribution in [3.05, 3.63) is 64.0 Å². The highest BCUT2D eigenvalue weighted by atomic mass is 15.4. The van der Waals surface area contributed by atoms with Gasteiger partial charge in [-0.05, 0) is 67.9 Å². The molecule has 2 aromatic heterocycles. The lowest BCUT2D eigenvalue weighted by molar-refractivity contribution is 0.557. The van der Waals surface area contributed by atoms with Crippen LogP contribution in [0.5, 0.6) is 0 Å². The number of pyridine rings is 1. The number of anilines is 1. The molecule has 1 aromatic carbocycles. The van der Waals surface area contributed by atoms with E-state index in [1.165, 1.54) is 29.5 Å². The summed E-state index contributed by atoms with van der Waals surface area (Å²) >= 11 is 0. The Morgan fingerprint density at radius 3 is 2.48 bits per heavy atom. The second-order valence-corrected chi connectivity index (χ2v) is 9.16. The second kappa shape index (κ2) is 7.81. The molecular formula is C27H34N4. The van der Waals surface area contributed by atoms with Crippen LogP contribution in [0.4, 0.5) is 5.82 Å². The maximum atomic E-state index is 9.25. The van der Waals surface area contributed by atoms with Gasteiger partial charge in [0, 0.05) is 49.2 Å². The molecule has 0 spiro atoms. The molecule has 4 nitrogen and oxygen atoms in total. The van der Waals surface area contributed by atoms with E-state index in [1.54, 1.807) is 0 Å². The van der Waals surface area contributed by atoms with Crippen molar-refractivity contribution in [3.63, 3.8) is 0 Å². The first-order valence-corrected chi connectivity index (χ1v) is 11.7. The van der Waals surface area contributed by atoms with Crippen molar-refractivity contribution >= 4 is 5.82 Å². The zero-order valence-electron chi connectivity index (χ0n) is 21.4. The fourth-order valence-electron chi connectivity index (χ4n) is 4.91. The van der Waals surface area contributed by atoms with E-state index in [0.29, 0.717) is 17.9 Å². The standard InChI is InChI=1S/C27H34N4/c1-6-19-9-8-10-20(7-2)27(19)25-13-17(3)22-16-31(18(4)14-24(22)28-25)26-15-23(21-11-12-21)29-30(26)5/h8-10,13,15,18,21H,6-7,11-12,14,16H2,1-5H3/i16D2. The number of hydrogen-bond acceptors (Lipinski definition) is 3. The summed E-state index contributed by atoms with van der Waals surface area (Å²) in [4.78, 5) is 7.03. The molecule has 0 N–H and O–H groups in total. The van der Waals surface area contributed by atoms with Crippen LogP contribution >= 0.6 is 0 Å². The first-order valence-electron chi connectivity index (χ1n) is 12.7. The fraction of sp³-hybridized carbons (Fsp3) is 0.481. The van der Waals surface area contributed by atoms with Gasteiger partial charge in [-0.15, -0.1) is 0 Å². The third kappa shape index (κ3) is 3.56. The number of hydrogen-bond donors (Lipinski definition) is 0. The fourth-order valence-corrected chi connectivity index (χ4v) is 4.91. The molecule has 1 aliphatic heterocycles. The predicted octanol–water partition coefficient (Wildman–Crippen LogP) is 5.74. The van der Waals surface area contributed by atoms with Gasteiger partial charge in [-0.1, -0.05) is 32.0 Å². The van der Waals surface area contributed by atoms with Crippen molar-refractivity contribution in [1.29, 1.82) is 0 Å². The number of fused-ring (bicyclic) bond motifs is 1. The Morgan fingerprint density at radius 2 is 1.84 bits per heavy atom. The summed E-state index contributed by atoms with van der Waals surface area (Å²) in [5, 5.41) is 4.71. The largest absolute Gasteiger partial charge is 0.349 e. The topological polar surface area (TPSA) is 34.0 Å². The minimum atomic E-state index is -1.66. The SMILES string of the molecule is [2H]C1([2H])c2c(C)cc(-c3c(CC)cccc3CC)nc2CC(C)N1c1cc(C2CC2)nn1C. The average Bonchev–Trinajstić information content (AvgIpc) is 3.55. The maximum absolute atomic E-state index is 9.25. The van der Waals surface area contributed by atoms with E-state index in [2.05, 4.69) is 51.1 Å². The smallest absolute Gasteiger partial charge is 0.127 e. The van der Waals surface area contributed by atoms with E-state index in [1.807, 2.05) is 23.6 Å². The molecule has 4 heteroatoms. The van der Waals surface area contributed by atoms with Crippen molar-refractivity contribution < 1.29 is 2.74 Å². The molecule has 5 rings (SSSR count). The summed E-state index contributed by atoms with van der Waals surface area (Å²) in [6.07, 6.45) is 4.99. The van der Waals surface area contributed by atoms with Gasteiger partial charge in [0.15, 0.2) is 0 Å². The van der Waals surface area contributed by atoms with E-state index in [4.69, 9.17) is 10.1 Å². The van der Waals surface area contributed by atoms with Crippen molar-refractivity contribution in [3.8, 4) is 11.3 Å². The summed E-state index contributed by atoms with van der Waals surface area (Å²) in [7, 11) is 1.93. The lowest BCUT2D eigenvalue weighted by atomic mass is 9.91. The van der Waals surface area contributed by atoms with Crippen LogP contribution in [0.1, 0.15) is 75.9 Å². The monoisotopic (exact) mass is 416 g/mol. The minimum absolute atomic E-state index is 0.0239. The summed E-state index contributed by atoms with van der Waals surface area (Å²) in [5.41, 5.74) is 8.47. The second-order valence-electron chi connectivity index (χ2n) is 9.16. The van der Waals surface area contributed by atoms with Crippen LogP contribution < -0.4 is 4.90 Å². The van der Waals surface area contributed by atoms with Gasteiger partial charge < -0.3 is 4.90 Å². The first kappa shape index (κ1) is 18.0. The van der Waals surface area contributed by atoms with E-state index in [9.17, 15) is 2.74 Å². The summed E-state index contributed by atoms with van der Waals surface area (Å²) in [6.45, 7) is 6.85. The summed E-state index contributed by atoms with van der Waals surface area (Å²) < 4.78 is 20.3. The molecular weight excluding hydrogens is 380 g/mol. The van der Waals surface area contributed by atoms with Gasteiger partial charge in [-0.25, -0.2) is 0 Å². The molecule has 1 unspecified atom stereocenters. The highest BCUT2D eigenvalue weighted by Gasteiger charge is 2.31. The van der Waals surface area contributed by atoms with Crippen LogP contribution in [0.2, 0.25) is 0 Å². The predicted molar refractivity (Wildman–Crippen MR) is 128 cm³/mol. The first-order chi connectivity index (χ1) is 15.8. The van der Waals surface area contributed by atoms with Gasteiger partial charge in [0.05, 0.1) is 14.1 Å². The van der Waals surface area contributed by atoms with E-state index in [-0.39, 0.29) is 6.04 Å². The molecule has 1 atom stereocenters.